The van der Waals surface area contributed by atoms with E-state index in [2.05, 4.69) is 39.4 Å². The van der Waals surface area contributed by atoms with Crippen molar-refractivity contribution >= 4 is 21.6 Å². The Morgan fingerprint density at radius 2 is 2.07 bits per heavy atom. The van der Waals surface area contributed by atoms with Crippen LogP contribution in [0.4, 0.5) is 5.69 Å². The van der Waals surface area contributed by atoms with Gasteiger partial charge in [0.05, 0.1) is 5.69 Å². The van der Waals surface area contributed by atoms with E-state index >= 15 is 0 Å². The van der Waals surface area contributed by atoms with Crippen molar-refractivity contribution in [1.29, 1.82) is 0 Å². The standard InChI is InChI=1S/C12H14BrN/c13-10-3-1-2-9-6-7-11(8-4-5-8)14-12(9)10/h1-3,8,11,14H,4-7H2. The Morgan fingerprint density at radius 1 is 1.21 bits per heavy atom. The van der Waals surface area contributed by atoms with Crippen LogP contribution in [0, 0.1) is 5.92 Å². The molecule has 3 rings (SSSR count). The molecule has 2 heteroatoms. The molecule has 1 aliphatic carbocycles. The van der Waals surface area contributed by atoms with Crippen molar-refractivity contribution in [2.45, 2.75) is 31.7 Å². The largest absolute Gasteiger partial charge is 0.381 e. The molecule has 1 heterocycles. The third-order valence-corrected chi connectivity index (χ3v) is 4.01. The fraction of sp³-hybridized carbons (Fsp3) is 0.500. The van der Waals surface area contributed by atoms with E-state index in [1.165, 1.54) is 41.4 Å². The van der Waals surface area contributed by atoms with Gasteiger partial charge in [0, 0.05) is 10.5 Å². The summed E-state index contributed by atoms with van der Waals surface area (Å²) in [4.78, 5) is 0. The zero-order valence-electron chi connectivity index (χ0n) is 8.09. The number of fused-ring (bicyclic) bond motifs is 1. The third-order valence-electron chi connectivity index (χ3n) is 3.35. The van der Waals surface area contributed by atoms with Gasteiger partial charge in [-0.15, -0.1) is 0 Å². The smallest absolute Gasteiger partial charge is 0.0519 e. The van der Waals surface area contributed by atoms with E-state index in [0.717, 1.165) is 12.0 Å². The van der Waals surface area contributed by atoms with E-state index in [9.17, 15) is 0 Å². The molecule has 1 atom stereocenters. The van der Waals surface area contributed by atoms with Crippen molar-refractivity contribution < 1.29 is 0 Å². The van der Waals surface area contributed by atoms with Gasteiger partial charge < -0.3 is 5.32 Å². The number of nitrogens with one attached hydrogen (secondary N) is 1. The minimum atomic E-state index is 0.737. The number of aryl methyl sites for hydroxylation is 1. The van der Waals surface area contributed by atoms with Gasteiger partial charge in [0.2, 0.25) is 0 Å². The van der Waals surface area contributed by atoms with Gasteiger partial charge in [0.25, 0.3) is 0 Å². The summed E-state index contributed by atoms with van der Waals surface area (Å²) in [5, 5.41) is 3.68. The first kappa shape index (κ1) is 8.78. The first-order chi connectivity index (χ1) is 6.84. The Labute approximate surface area is 93.0 Å². The predicted molar refractivity (Wildman–Crippen MR) is 62.6 cm³/mol. The molecule has 1 saturated carbocycles. The van der Waals surface area contributed by atoms with Gasteiger partial charge in [-0.3, -0.25) is 0 Å². The summed E-state index contributed by atoms with van der Waals surface area (Å²) in [5.41, 5.74) is 2.81. The van der Waals surface area contributed by atoms with Crippen molar-refractivity contribution in [3.05, 3.63) is 28.2 Å². The predicted octanol–water partition coefficient (Wildman–Crippen LogP) is 3.59. The average Bonchev–Trinajstić information content (AvgIpc) is 3.01. The second-order valence-corrected chi connectivity index (χ2v) is 5.26. The molecule has 1 unspecified atom stereocenters. The lowest BCUT2D eigenvalue weighted by molar-refractivity contribution is 0.569. The summed E-state index contributed by atoms with van der Waals surface area (Å²) < 4.78 is 1.22. The second kappa shape index (κ2) is 3.27. The van der Waals surface area contributed by atoms with Crippen LogP contribution >= 0.6 is 15.9 Å². The fourth-order valence-corrected chi connectivity index (χ4v) is 2.88. The Hall–Kier alpha value is -0.500. The molecular weight excluding hydrogens is 238 g/mol. The molecule has 1 fully saturated rings. The molecule has 1 N–H and O–H groups in total. The van der Waals surface area contributed by atoms with Gasteiger partial charge in [-0.2, -0.15) is 0 Å². The van der Waals surface area contributed by atoms with Gasteiger partial charge in [0.1, 0.15) is 0 Å². The minimum Gasteiger partial charge on any atom is -0.381 e. The van der Waals surface area contributed by atoms with Crippen LogP contribution in [-0.4, -0.2) is 6.04 Å². The molecule has 2 aliphatic rings. The SMILES string of the molecule is Brc1cccc2c1NC(C1CC1)CC2. The second-order valence-electron chi connectivity index (χ2n) is 4.40. The van der Waals surface area contributed by atoms with Crippen LogP contribution in [0.1, 0.15) is 24.8 Å². The van der Waals surface area contributed by atoms with Crippen molar-refractivity contribution in [3.63, 3.8) is 0 Å². The van der Waals surface area contributed by atoms with Crippen LogP contribution in [-0.2, 0) is 6.42 Å². The van der Waals surface area contributed by atoms with Gasteiger partial charge in [-0.25, -0.2) is 0 Å². The Kier molecular flexibility index (Phi) is 2.05. The van der Waals surface area contributed by atoms with Crippen LogP contribution < -0.4 is 5.32 Å². The summed E-state index contributed by atoms with van der Waals surface area (Å²) in [6.07, 6.45) is 5.41. The summed E-state index contributed by atoms with van der Waals surface area (Å²) >= 11 is 3.62. The van der Waals surface area contributed by atoms with E-state index in [4.69, 9.17) is 0 Å². The summed E-state index contributed by atoms with van der Waals surface area (Å²) in [5.74, 6) is 0.954. The number of hydrogen-bond acceptors (Lipinski definition) is 1. The van der Waals surface area contributed by atoms with Crippen LogP contribution in [0.3, 0.4) is 0 Å². The lowest BCUT2D eigenvalue weighted by atomic mass is 9.95. The van der Waals surface area contributed by atoms with E-state index < -0.39 is 0 Å². The monoisotopic (exact) mass is 251 g/mol. The highest BCUT2D eigenvalue weighted by Gasteiger charge is 2.33. The van der Waals surface area contributed by atoms with Crippen molar-refractivity contribution in [2.75, 3.05) is 5.32 Å². The molecular formula is C12H14BrN. The van der Waals surface area contributed by atoms with Gasteiger partial charge in [0.15, 0.2) is 0 Å². The molecule has 0 radical (unpaired) electrons. The number of rotatable bonds is 1. The molecule has 0 bridgehead atoms. The van der Waals surface area contributed by atoms with Crippen LogP contribution in [0.2, 0.25) is 0 Å². The molecule has 74 valence electrons. The molecule has 0 spiro atoms. The lowest BCUT2D eigenvalue weighted by Crippen LogP contribution is -2.27. The number of hydrogen-bond donors (Lipinski definition) is 1. The highest BCUT2D eigenvalue weighted by Crippen LogP contribution is 2.41. The minimum absolute atomic E-state index is 0.737. The first-order valence-electron chi connectivity index (χ1n) is 5.38. The molecule has 1 nitrogen and oxygen atoms in total. The number of anilines is 1. The Morgan fingerprint density at radius 3 is 2.86 bits per heavy atom. The summed E-state index contributed by atoms with van der Waals surface area (Å²) in [6, 6.07) is 7.22. The first-order valence-corrected chi connectivity index (χ1v) is 6.18. The van der Waals surface area contributed by atoms with E-state index in [0.29, 0.717) is 0 Å². The molecule has 0 saturated heterocycles. The van der Waals surface area contributed by atoms with Crippen molar-refractivity contribution in [1.82, 2.24) is 0 Å². The lowest BCUT2D eigenvalue weighted by Gasteiger charge is -2.27. The highest BCUT2D eigenvalue weighted by molar-refractivity contribution is 9.10. The van der Waals surface area contributed by atoms with Crippen molar-refractivity contribution in [2.24, 2.45) is 5.92 Å². The molecule has 1 aromatic rings. The normalized spacial score (nSPS) is 25.4. The zero-order chi connectivity index (χ0) is 9.54. The van der Waals surface area contributed by atoms with Crippen LogP contribution in [0.15, 0.2) is 22.7 Å². The zero-order valence-corrected chi connectivity index (χ0v) is 9.68. The van der Waals surface area contributed by atoms with E-state index in [1.54, 1.807) is 0 Å². The van der Waals surface area contributed by atoms with Crippen LogP contribution in [0.5, 0.6) is 0 Å². The fourth-order valence-electron chi connectivity index (χ4n) is 2.36. The topological polar surface area (TPSA) is 12.0 Å². The molecule has 0 aromatic heterocycles. The quantitative estimate of drug-likeness (QED) is 0.805. The van der Waals surface area contributed by atoms with Gasteiger partial charge >= 0.3 is 0 Å². The summed E-state index contributed by atoms with van der Waals surface area (Å²) in [7, 11) is 0. The maximum absolute atomic E-state index is 3.68. The van der Waals surface area contributed by atoms with E-state index in [-0.39, 0.29) is 0 Å². The number of para-hydroxylation sites is 1. The molecule has 1 aliphatic heterocycles. The molecule has 0 amide bonds. The van der Waals surface area contributed by atoms with Gasteiger partial charge in [-0.05, 0) is 59.2 Å². The van der Waals surface area contributed by atoms with Crippen molar-refractivity contribution in [3.8, 4) is 0 Å². The van der Waals surface area contributed by atoms with Gasteiger partial charge in [-0.1, -0.05) is 12.1 Å². The Balaban J connectivity index is 1.91. The maximum atomic E-state index is 3.68. The Bertz CT molecular complexity index is 357. The maximum Gasteiger partial charge on any atom is 0.0519 e. The number of halogens is 1. The van der Waals surface area contributed by atoms with E-state index in [1.807, 2.05) is 0 Å². The van der Waals surface area contributed by atoms with Crippen LogP contribution in [0.25, 0.3) is 0 Å². The molecule has 14 heavy (non-hydrogen) atoms. The average molecular weight is 252 g/mol. The number of benzene rings is 1. The third kappa shape index (κ3) is 1.46. The highest BCUT2D eigenvalue weighted by atomic mass is 79.9. The summed E-state index contributed by atoms with van der Waals surface area (Å²) in [6.45, 7) is 0. The molecule has 1 aromatic carbocycles.